The second-order valence-corrected chi connectivity index (χ2v) is 4.23. The lowest BCUT2D eigenvalue weighted by atomic mass is 10.1. The van der Waals surface area contributed by atoms with Gasteiger partial charge in [-0.2, -0.15) is 0 Å². The van der Waals surface area contributed by atoms with E-state index in [0.29, 0.717) is 13.1 Å². The van der Waals surface area contributed by atoms with E-state index in [-0.39, 0.29) is 43.0 Å². The number of nitrogens with zero attached hydrogens (tertiary/aromatic N) is 1. The van der Waals surface area contributed by atoms with Gasteiger partial charge in [-0.1, -0.05) is 6.92 Å². The third kappa shape index (κ3) is 3.81. The molecule has 1 rings (SSSR count). The van der Waals surface area contributed by atoms with Crippen LogP contribution in [0.5, 0.6) is 0 Å². The molecule has 1 atom stereocenters. The summed E-state index contributed by atoms with van der Waals surface area (Å²) >= 11 is 0. The zero-order chi connectivity index (χ0) is 12.8. The first kappa shape index (κ1) is 13.6. The van der Waals surface area contributed by atoms with Crippen molar-refractivity contribution < 1.29 is 14.4 Å². The van der Waals surface area contributed by atoms with Crippen LogP contribution in [-0.2, 0) is 14.4 Å². The molecule has 0 aromatic heterocycles. The van der Waals surface area contributed by atoms with Crippen LogP contribution in [0.25, 0.3) is 0 Å². The molecule has 1 saturated heterocycles. The lowest BCUT2D eigenvalue weighted by Gasteiger charge is -2.13. The Hall–Kier alpha value is -1.43. The maximum absolute atomic E-state index is 11.5. The molecule has 1 unspecified atom stereocenters. The lowest BCUT2D eigenvalue weighted by Crippen LogP contribution is -2.35. The van der Waals surface area contributed by atoms with Crippen LogP contribution in [0.15, 0.2) is 0 Å². The van der Waals surface area contributed by atoms with Gasteiger partial charge in [0.2, 0.25) is 17.7 Å². The van der Waals surface area contributed by atoms with Crippen LogP contribution in [0, 0.1) is 5.92 Å². The second kappa shape index (κ2) is 6.34. The van der Waals surface area contributed by atoms with Crippen LogP contribution in [0.3, 0.4) is 0 Å². The molecule has 0 radical (unpaired) electrons. The number of rotatable bonds is 6. The Morgan fingerprint density at radius 1 is 1.53 bits per heavy atom. The van der Waals surface area contributed by atoms with Crippen LogP contribution in [0.2, 0.25) is 0 Å². The summed E-state index contributed by atoms with van der Waals surface area (Å²) in [6, 6.07) is 0. The van der Waals surface area contributed by atoms with Gasteiger partial charge in [0.05, 0.1) is 0 Å². The van der Waals surface area contributed by atoms with E-state index in [4.69, 9.17) is 5.73 Å². The van der Waals surface area contributed by atoms with Crippen LogP contribution in [-0.4, -0.2) is 42.3 Å². The van der Waals surface area contributed by atoms with Gasteiger partial charge in [-0.15, -0.1) is 0 Å². The maximum atomic E-state index is 11.5. The number of hydrogen-bond donors (Lipinski definition) is 2. The van der Waals surface area contributed by atoms with Gasteiger partial charge in [0.25, 0.3) is 0 Å². The zero-order valence-corrected chi connectivity index (χ0v) is 10.1. The summed E-state index contributed by atoms with van der Waals surface area (Å²) in [5.74, 6) is -0.761. The minimum absolute atomic E-state index is 0.154. The van der Waals surface area contributed by atoms with Crippen molar-refractivity contribution in [2.45, 2.75) is 26.2 Å². The molecule has 3 N–H and O–H groups in total. The summed E-state index contributed by atoms with van der Waals surface area (Å²) < 4.78 is 0. The Labute approximate surface area is 101 Å². The molecule has 6 nitrogen and oxygen atoms in total. The Morgan fingerprint density at radius 3 is 2.76 bits per heavy atom. The minimum atomic E-state index is -0.247. The van der Waals surface area contributed by atoms with Crippen molar-refractivity contribution in [2.75, 3.05) is 19.6 Å². The molecule has 0 spiro atoms. The third-order valence-electron chi connectivity index (χ3n) is 2.74. The van der Waals surface area contributed by atoms with E-state index in [2.05, 4.69) is 5.32 Å². The predicted molar refractivity (Wildman–Crippen MR) is 61.8 cm³/mol. The number of hydrogen-bond acceptors (Lipinski definition) is 4. The largest absolute Gasteiger partial charge is 0.356 e. The molecule has 1 heterocycles. The number of nitrogens with one attached hydrogen (secondary N) is 1. The molecule has 1 aliphatic rings. The molecule has 1 fully saturated rings. The number of carbonyl (C=O) groups excluding carboxylic acids is 3. The second-order valence-electron chi connectivity index (χ2n) is 4.23. The molecule has 6 heteroatoms. The van der Waals surface area contributed by atoms with Crippen LogP contribution < -0.4 is 11.1 Å². The average molecular weight is 241 g/mol. The molecular weight excluding hydrogens is 222 g/mol. The molecule has 1 aliphatic heterocycles. The van der Waals surface area contributed by atoms with Crippen molar-refractivity contribution in [1.29, 1.82) is 0 Å². The zero-order valence-electron chi connectivity index (χ0n) is 10.1. The van der Waals surface area contributed by atoms with E-state index in [1.807, 2.05) is 0 Å². The third-order valence-corrected chi connectivity index (χ3v) is 2.74. The Morgan fingerprint density at radius 2 is 2.24 bits per heavy atom. The fraction of sp³-hybridized carbons (Fsp3) is 0.727. The smallest absolute Gasteiger partial charge is 0.232 e. The van der Waals surface area contributed by atoms with Crippen molar-refractivity contribution in [2.24, 2.45) is 11.7 Å². The molecule has 0 aromatic rings. The number of carbonyl (C=O) groups is 3. The van der Waals surface area contributed by atoms with Crippen molar-refractivity contribution in [3.8, 4) is 0 Å². The van der Waals surface area contributed by atoms with Crippen molar-refractivity contribution in [3.63, 3.8) is 0 Å². The van der Waals surface area contributed by atoms with Gasteiger partial charge in [-0.25, -0.2) is 0 Å². The van der Waals surface area contributed by atoms with Gasteiger partial charge in [-0.05, 0) is 13.0 Å². The topological polar surface area (TPSA) is 92.5 Å². The van der Waals surface area contributed by atoms with Crippen molar-refractivity contribution in [3.05, 3.63) is 0 Å². The highest BCUT2D eigenvalue weighted by molar-refractivity contribution is 6.03. The summed E-state index contributed by atoms with van der Waals surface area (Å²) in [4.78, 5) is 35.5. The highest BCUT2D eigenvalue weighted by Gasteiger charge is 2.35. The molecule has 96 valence electrons. The molecule has 0 aromatic carbocycles. The van der Waals surface area contributed by atoms with Gasteiger partial charge < -0.3 is 11.1 Å². The van der Waals surface area contributed by atoms with Crippen LogP contribution >= 0.6 is 0 Å². The standard InChI is InChI=1S/C11H19N3O3/c1-8-7-10(16)14(11(8)17)6-3-9(15)13-5-2-4-12/h8H,2-7,12H2,1H3,(H,13,15). The highest BCUT2D eigenvalue weighted by Crippen LogP contribution is 2.18. The SMILES string of the molecule is CC1CC(=O)N(CCC(=O)NCCCN)C1=O. The van der Waals surface area contributed by atoms with Gasteiger partial charge in [-0.3, -0.25) is 19.3 Å². The number of likely N-dealkylation sites (tertiary alicyclic amines) is 1. The van der Waals surface area contributed by atoms with Crippen LogP contribution in [0.4, 0.5) is 0 Å². The van der Waals surface area contributed by atoms with E-state index in [1.165, 1.54) is 4.90 Å². The van der Waals surface area contributed by atoms with Gasteiger partial charge in [0.15, 0.2) is 0 Å². The highest BCUT2D eigenvalue weighted by atomic mass is 16.2. The molecular formula is C11H19N3O3. The van der Waals surface area contributed by atoms with Crippen LogP contribution in [0.1, 0.15) is 26.2 Å². The lowest BCUT2D eigenvalue weighted by molar-refractivity contribution is -0.139. The minimum Gasteiger partial charge on any atom is -0.356 e. The summed E-state index contributed by atoms with van der Waals surface area (Å²) in [5, 5.41) is 2.68. The molecule has 0 bridgehead atoms. The maximum Gasteiger partial charge on any atom is 0.232 e. The van der Waals surface area contributed by atoms with E-state index in [1.54, 1.807) is 6.92 Å². The summed E-state index contributed by atoms with van der Waals surface area (Å²) in [6.45, 7) is 2.96. The summed E-state index contributed by atoms with van der Waals surface area (Å²) in [5.41, 5.74) is 5.29. The monoisotopic (exact) mass is 241 g/mol. The molecule has 17 heavy (non-hydrogen) atoms. The Kier molecular flexibility index (Phi) is 5.09. The van der Waals surface area contributed by atoms with Gasteiger partial charge >= 0.3 is 0 Å². The first-order chi connectivity index (χ1) is 8.06. The Balaban J connectivity index is 2.28. The predicted octanol–water partition coefficient (Wildman–Crippen LogP) is -0.763. The fourth-order valence-corrected chi connectivity index (χ4v) is 1.71. The fourth-order valence-electron chi connectivity index (χ4n) is 1.71. The van der Waals surface area contributed by atoms with Crippen molar-refractivity contribution >= 4 is 17.7 Å². The average Bonchev–Trinajstić information content (AvgIpc) is 2.51. The first-order valence-corrected chi connectivity index (χ1v) is 5.87. The van der Waals surface area contributed by atoms with Gasteiger partial charge in [0.1, 0.15) is 0 Å². The number of imide groups is 1. The normalized spacial score (nSPS) is 19.9. The quantitative estimate of drug-likeness (QED) is 0.472. The molecule has 0 aliphatic carbocycles. The Bertz CT molecular complexity index is 317. The summed E-state index contributed by atoms with van der Waals surface area (Å²) in [6.07, 6.45) is 1.15. The molecule has 3 amide bonds. The van der Waals surface area contributed by atoms with E-state index in [9.17, 15) is 14.4 Å². The van der Waals surface area contributed by atoms with Gasteiger partial charge in [0, 0.05) is 31.8 Å². The molecule has 0 saturated carbocycles. The first-order valence-electron chi connectivity index (χ1n) is 5.87. The number of amides is 3. The van der Waals surface area contributed by atoms with E-state index < -0.39 is 0 Å². The van der Waals surface area contributed by atoms with E-state index in [0.717, 1.165) is 6.42 Å². The van der Waals surface area contributed by atoms with E-state index >= 15 is 0 Å². The number of nitrogens with two attached hydrogens (primary N) is 1. The summed E-state index contributed by atoms with van der Waals surface area (Å²) in [7, 11) is 0. The van der Waals surface area contributed by atoms with Crippen molar-refractivity contribution in [1.82, 2.24) is 10.2 Å².